The van der Waals surface area contributed by atoms with Crippen molar-refractivity contribution >= 4 is 15.8 Å². The van der Waals surface area contributed by atoms with Gasteiger partial charge in [-0.25, -0.2) is 18.4 Å². The van der Waals surface area contributed by atoms with E-state index in [1.165, 1.54) is 35.1 Å². The van der Waals surface area contributed by atoms with Crippen molar-refractivity contribution in [2.45, 2.75) is 26.2 Å². The molecular weight excluding hydrogens is 310 g/mol. The van der Waals surface area contributed by atoms with Crippen LogP contribution >= 0.6 is 0 Å². The highest BCUT2D eigenvalue weighted by atomic mass is 32.2. The topological polar surface area (TPSA) is 63.2 Å². The van der Waals surface area contributed by atoms with Gasteiger partial charge in [0.1, 0.15) is 12.1 Å². The van der Waals surface area contributed by atoms with Crippen LogP contribution in [0.3, 0.4) is 0 Å². The first-order chi connectivity index (χ1) is 10.7. The molecule has 23 heavy (non-hydrogen) atoms. The molecule has 0 saturated carbocycles. The normalized spacial score (nSPS) is 19.4. The van der Waals surface area contributed by atoms with Gasteiger partial charge in [0.05, 0.1) is 6.26 Å². The van der Waals surface area contributed by atoms with Crippen LogP contribution in [0.15, 0.2) is 36.8 Å². The van der Waals surface area contributed by atoms with Gasteiger partial charge in [-0.3, -0.25) is 4.31 Å². The molecular formula is C17H21N3O2S. The number of nitrogens with zero attached hydrogens (tertiary/aromatic N) is 3. The van der Waals surface area contributed by atoms with Crippen LogP contribution in [0.2, 0.25) is 0 Å². The minimum absolute atomic E-state index is 0.0263. The summed E-state index contributed by atoms with van der Waals surface area (Å²) in [5, 5.41) is 0. The minimum atomic E-state index is -3.38. The van der Waals surface area contributed by atoms with E-state index in [0.29, 0.717) is 5.82 Å². The Labute approximate surface area is 137 Å². The molecule has 0 radical (unpaired) electrons. The summed E-state index contributed by atoms with van der Waals surface area (Å²) in [4.78, 5) is 8.42. The molecule has 2 aromatic rings. The third-order valence-corrected chi connectivity index (χ3v) is 5.79. The number of rotatable bonds is 3. The lowest BCUT2D eigenvalue weighted by atomic mass is 9.76. The van der Waals surface area contributed by atoms with Gasteiger partial charge >= 0.3 is 0 Å². The molecule has 3 rings (SSSR count). The molecule has 1 atom stereocenters. The van der Waals surface area contributed by atoms with Gasteiger partial charge in [0.15, 0.2) is 0 Å². The fourth-order valence-electron chi connectivity index (χ4n) is 3.54. The Bertz CT molecular complexity index is 846. The van der Waals surface area contributed by atoms with Gasteiger partial charge in [0.25, 0.3) is 0 Å². The average molecular weight is 331 g/mol. The predicted octanol–water partition coefficient (Wildman–Crippen LogP) is 2.59. The van der Waals surface area contributed by atoms with Crippen LogP contribution in [0.1, 0.15) is 36.5 Å². The number of hydrogen-bond donors (Lipinski definition) is 0. The summed E-state index contributed by atoms with van der Waals surface area (Å²) in [5.74, 6) is 0.524. The molecule has 6 heteroatoms. The molecule has 0 bridgehead atoms. The molecule has 1 unspecified atom stereocenters. The van der Waals surface area contributed by atoms with Crippen molar-refractivity contribution in [2.24, 2.45) is 5.41 Å². The van der Waals surface area contributed by atoms with E-state index in [4.69, 9.17) is 0 Å². The highest BCUT2D eigenvalue weighted by molar-refractivity contribution is 7.92. The fourth-order valence-corrected chi connectivity index (χ4v) is 4.00. The Morgan fingerprint density at radius 3 is 2.61 bits per heavy atom. The molecule has 1 aromatic heterocycles. The van der Waals surface area contributed by atoms with E-state index in [-0.39, 0.29) is 11.3 Å². The second-order valence-electron chi connectivity index (χ2n) is 6.83. The first-order valence-electron chi connectivity index (χ1n) is 7.53. The smallest absolute Gasteiger partial charge is 0.233 e. The molecule has 122 valence electrons. The van der Waals surface area contributed by atoms with Crippen LogP contribution in [-0.2, 0) is 16.4 Å². The highest BCUT2D eigenvalue weighted by Crippen LogP contribution is 2.51. The summed E-state index contributed by atoms with van der Waals surface area (Å²) in [6.07, 6.45) is 5.28. The van der Waals surface area contributed by atoms with Gasteiger partial charge in [0.2, 0.25) is 10.0 Å². The first kappa shape index (κ1) is 15.9. The van der Waals surface area contributed by atoms with Gasteiger partial charge in [-0.1, -0.05) is 38.1 Å². The Balaban J connectivity index is 2.20. The average Bonchev–Trinajstić information content (AvgIpc) is 2.75. The molecule has 1 aliphatic rings. The van der Waals surface area contributed by atoms with E-state index in [9.17, 15) is 8.42 Å². The summed E-state index contributed by atoms with van der Waals surface area (Å²) in [5.41, 5.74) is 3.37. The van der Waals surface area contributed by atoms with Crippen LogP contribution < -0.4 is 4.31 Å². The van der Waals surface area contributed by atoms with Gasteiger partial charge < -0.3 is 0 Å². The summed E-state index contributed by atoms with van der Waals surface area (Å²) >= 11 is 0. The van der Waals surface area contributed by atoms with Gasteiger partial charge in [-0.2, -0.15) is 0 Å². The van der Waals surface area contributed by atoms with Crippen LogP contribution in [-0.4, -0.2) is 31.7 Å². The third kappa shape index (κ3) is 2.72. The predicted molar refractivity (Wildman–Crippen MR) is 91.0 cm³/mol. The lowest BCUT2D eigenvalue weighted by Crippen LogP contribution is -2.29. The summed E-state index contributed by atoms with van der Waals surface area (Å²) in [6, 6.07) is 8.33. The van der Waals surface area contributed by atoms with Crippen molar-refractivity contribution < 1.29 is 8.42 Å². The van der Waals surface area contributed by atoms with Crippen molar-refractivity contribution in [1.29, 1.82) is 0 Å². The largest absolute Gasteiger partial charge is 0.257 e. The van der Waals surface area contributed by atoms with E-state index < -0.39 is 10.0 Å². The second kappa shape index (κ2) is 5.30. The first-order valence-corrected chi connectivity index (χ1v) is 9.38. The zero-order valence-corrected chi connectivity index (χ0v) is 14.6. The van der Waals surface area contributed by atoms with Crippen molar-refractivity contribution in [3.8, 4) is 0 Å². The number of anilines is 1. The zero-order chi connectivity index (χ0) is 16.8. The van der Waals surface area contributed by atoms with Gasteiger partial charge in [0, 0.05) is 24.7 Å². The zero-order valence-electron chi connectivity index (χ0n) is 13.8. The number of benzene rings is 1. The Hall–Kier alpha value is -1.95. The fraction of sp³-hybridized carbons (Fsp3) is 0.412. The lowest BCUT2D eigenvalue weighted by Gasteiger charge is -2.30. The Morgan fingerprint density at radius 2 is 1.91 bits per heavy atom. The maximum absolute atomic E-state index is 12.0. The maximum atomic E-state index is 12.0. The molecule has 1 aliphatic carbocycles. The number of fused-ring (bicyclic) bond motifs is 1. The summed E-state index contributed by atoms with van der Waals surface area (Å²) in [6.45, 7) is 4.41. The molecule has 0 spiro atoms. The molecule has 0 saturated heterocycles. The van der Waals surface area contributed by atoms with E-state index in [0.717, 1.165) is 12.0 Å². The van der Waals surface area contributed by atoms with Crippen molar-refractivity contribution in [2.75, 3.05) is 17.6 Å². The number of sulfonamides is 1. The van der Waals surface area contributed by atoms with E-state index >= 15 is 0 Å². The summed E-state index contributed by atoms with van der Waals surface area (Å²) < 4.78 is 25.2. The molecule has 0 N–H and O–H groups in total. The quantitative estimate of drug-likeness (QED) is 0.867. The minimum Gasteiger partial charge on any atom is -0.257 e. The lowest BCUT2D eigenvalue weighted by molar-refractivity contribution is 0.346. The SMILES string of the molecule is CN(c1ncncc1C1c2ccccc2CC1(C)C)S(C)(=O)=O. The van der Waals surface area contributed by atoms with Crippen LogP contribution in [0, 0.1) is 5.41 Å². The standard InChI is InChI=1S/C17H21N3O2S/c1-17(2)9-12-7-5-6-8-13(12)15(17)14-10-18-11-19-16(14)20(3)23(4,21)22/h5-8,10-11,15H,9H2,1-4H3. The van der Waals surface area contributed by atoms with Crippen LogP contribution in [0.4, 0.5) is 5.82 Å². The highest BCUT2D eigenvalue weighted by Gasteiger charge is 2.41. The summed E-state index contributed by atoms with van der Waals surface area (Å²) in [7, 11) is -1.84. The van der Waals surface area contributed by atoms with Crippen molar-refractivity contribution in [1.82, 2.24) is 9.97 Å². The van der Waals surface area contributed by atoms with E-state index in [1.807, 2.05) is 12.1 Å². The van der Waals surface area contributed by atoms with Gasteiger partial charge in [-0.15, -0.1) is 0 Å². The van der Waals surface area contributed by atoms with Gasteiger partial charge in [-0.05, 0) is 23.0 Å². The molecule has 0 fully saturated rings. The number of aromatic nitrogens is 2. The second-order valence-corrected chi connectivity index (χ2v) is 8.84. The molecule has 0 aliphatic heterocycles. The Kier molecular flexibility index (Phi) is 3.67. The van der Waals surface area contributed by atoms with E-state index in [1.54, 1.807) is 6.20 Å². The van der Waals surface area contributed by atoms with Crippen molar-refractivity contribution in [3.63, 3.8) is 0 Å². The van der Waals surface area contributed by atoms with Crippen LogP contribution in [0.5, 0.6) is 0 Å². The molecule has 1 aromatic carbocycles. The monoisotopic (exact) mass is 331 g/mol. The van der Waals surface area contributed by atoms with E-state index in [2.05, 4.69) is 35.9 Å². The Morgan fingerprint density at radius 1 is 1.22 bits per heavy atom. The molecule has 0 amide bonds. The third-order valence-electron chi connectivity index (χ3n) is 4.62. The van der Waals surface area contributed by atoms with Crippen molar-refractivity contribution in [3.05, 3.63) is 53.5 Å². The maximum Gasteiger partial charge on any atom is 0.233 e. The van der Waals surface area contributed by atoms with Crippen LogP contribution in [0.25, 0.3) is 0 Å². The molecule has 1 heterocycles. The molecule has 5 nitrogen and oxygen atoms in total. The number of hydrogen-bond acceptors (Lipinski definition) is 4.